The van der Waals surface area contributed by atoms with Gasteiger partial charge in [0.15, 0.2) is 0 Å². The summed E-state index contributed by atoms with van der Waals surface area (Å²) in [6.07, 6.45) is 4.44. The molecular weight excluding hydrogens is 236 g/mol. The Morgan fingerprint density at radius 3 is 2.47 bits per heavy atom. The third kappa shape index (κ3) is 2.83. The number of ether oxygens (including phenoxy) is 1. The van der Waals surface area contributed by atoms with Crippen LogP contribution in [0.25, 0.3) is 11.4 Å². The van der Waals surface area contributed by atoms with Gasteiger partial charge in [-0.1, -0.05) is 30.3 Å². The van der Waals surface area contributed by atoms with Gasteiger partial charge in [-0.3, -0.25) is 0 Å². The Balaban J connectivity index is 1.67. The summed E-state index contributed by atoms with van der Waals surface area (Å²) in [4.78, 5) is 7.11. The number of nitrogens with zero attached hydrogens (tertiary/aromatic N) is 1. The van der Waals surface area contributed by atoms with Crippen LogP contribution in [0, 0.1) is 6.20 Å². The van der Waals surface area contributed by atoms with Gasteiger partial charge in [0.1, 0.15) is 24.4 Å². The Labute approximate surface area is 111 Å². The van der Waals surface area contributed by atoms with Gasteiger partial charge in [-0.15, -0.1) is 0 Å². The predicted molar refractivity (Wildman–Crippen MR) is 73.6 cm³/mol. The number of H-pyrrole nitrogens is 1. The maximum atomic E-state index is 5.73. The van der Waals surface area contributed by atoms with Gasteiger partial charge in [0, 0.05) is 11.8 Å². The molecule has 0 saturated carbocycles. The smallest absolute Gasteiger partial charge is 0.138 e. The van der Waals surface area contributed by atoms with Gasteiger partial charge < -0.3 is 9.72 Å². The average Bonchev–Trinajstić information content (AvgIpc) is 3.01. The van der Waals surface area contributed by atoms with Crippen LogP contribution in [0.2, 0.25) is 0 Å². The van der Waals surface area contributed by atoms with Gasteiger partial charge in [0.25, 0.3) is 0 Å². The van der Waals surface area contributed by atoms with Crippen LogP contribution in [-0.4, -0.2) is 9.97 Å². The van der Waals surface area contributed by atoms with Crippen molar-refractivity contribution in [1.29, 1.82) is 0 Å². The third-order valence-electron chi connectivity index (χ3n) is 2.83. The zero-order valence-corrected chi connectivity index (χ0v) is 10.3. The van der Waals surface area contributed by atoms with Gasteiger partial charge in [0.2, 0.25) is 0 Å². The highest BCUT2D eigenvalue weighted by atomic mass is 16.5. The molecule has 19 heavy (non-hydrogen) atoms. The summed E-state index contributed by atoms with van der Waals surface area (Å²) in [5.74, 6) is 1.66. The van der Waals surface area contributed by atoms with Crippen molar-refractivity contribution in [3.05, 3.63) is 72.6 Å². The maximum Gasteiger partial charge on any atom is 0.138 e. The van der Waals surface area contributed by atoms with Crippen LogP contribution < -0.4 is 4.74 Å². The van der Waals surface area contributed by atoms with Gasteiger partial charge in [-0.2, -0.15) is 0 Å². The molecule has 0 fully saturated rings. The SMILES string of the molecule is [c]1c[nH]c(-c2ccc(OCc3ccccc3)cc2)n1. The Morgan fingerprint density at radius 2 is 1.79 bits per heavy atom. The molecule has 3 heteroatoms. The molecule has 0 unspecified atom stereocenters. The quantitative estimate of drug-likeness (QED) is 0.769. The van der Waals surface area contributed by atoms with Crippen LogP contribution in [0.1, 0.15) is 5.56 Å². The molecule has 3 aromatic rings. The molecule has 0 spiro atoms. The van der Waals surface area contributed by atoms with Crippen molar-refractivity contribution in [2.45, 2.75) is 6.61 Å². The molecule has 0 atom stereocenters. The summed E-state index contributed by atoms with van der Waals surface area (Å²) in [7, 11) is 0. The van der Waals surface area contributed by atoms with E-state index in [1.54, 1.807) is 6.20 Å². The molecule has 2 aromatic carbocycles. The number of imidazole rings is 1. The number of aromatic amines is 1. The summed E-state index contributed by atoms with van der Waals surface area (Å²) in [5, 5.41) is 0. The van der Waals surface area contributed by atoms with Crippen LogP contribution in [0.3, 0.4) is 0 Å². The first-order valence-electron chi connectivity index (χ1n) is 6.10. The number of aromatic nitrogens is 2. The van der Waals surface area contributed by atoms with E-state index in [2.05, 4.69) is 16.2 Å². The minimum atomic E-state index is 0.578. The van der Waals surface area contributed by atoms with Gasteiger partial charge >= 0.3 is 0 Å². The number of rotatable bonds is 4. The van der Waals surface area contributed by atoms with Crippen molar-refractivity contribution in [2.24, 2.45) is 0 Å². The van der Waals surface area contributed by atoms with E-state index in [0.29, 0.717) is 6.61 Å². The topological polar surface area (TPSA) is 37.9 Å². The highest BCUT2D eigenvalue weighted by Gasteiger charge is 2.00. The van der Waals surface area contributed by atoms with Crippen molar-refractivity contribution >= 4 is 0 Å². The molecule has 1 N–H and O–H groups in total. The fourth-order valence-electron chi connectivity index (χ4n) is 1.83. The van der Waals surface area contributed by atoms with Crippen LogP contribution in [0.5, 0.6) is 5.75 Å². The zero-order chi connectivity index (χ0) is 12.9. The minimum Gasteiger partial charge on any atom is -0.489 e. The first kappa shape index (κ1) is 11.5. The molecule has 0 aliphatic rings. The van der Waals surface area contributed by atoms with Crippen molar-refractivity contribution < 1.29 is 4.74 Å². The highest BCUT2D eigenvalue weighted by Crippen LogP contribution is 2.19. The molecule has 0 saturated heterocycles. The van der Waals surface area contributed by atoms with E-state index in [0.717, 1.165) is 22.7 Å². The Hall–Kier alpha value is -2.55. The lowest BCUT2D eigenvalue weighted by Gasteiger charge is -2.06. The summed E-state index contributed by atoms with van der Waals surface area (Å²) < 4.78 is 5.73. The lowest BCUT2D eigenvalue weighted by molar-refractivity contribution is 0.306. The van der Waals surface area contributed by atoms with E-state index in [1.165, 1.54) is 0 Å². The van der Waals surface area contributed by atoms with Crippen molar-refractivity contribution in [2.75, 3.05) is 0 Å². The predicted octanol–water partition coefficient (Wildman–Crippen LogP) is 3.46. The van der Waals surface area contributed by atoms with E-state index in [9.17, 15) is 0 Å². The molecule has 0 aliphatic carbocycles. The first-order valence-corrected chi connectivity index (χ1v) is 6.10. The molecule has 3 rings (SSSR count). The van der Waals surface area contributed by atoms with E-state index in [1.807, 2.05) is 54.6 Å². The number of nitrogens with one attached hydrogen (secondary N) is 1. The number of hydrogen-bond acceptors (Lipinski definition) is 2. The van der Waals surface area contributed by atoms with Gasteiger partial charge in [-0.25, -0.2) is 4.98 Å². The average molecular weight is 249 g/mol. The molecule has 1 radical (unpaired) electrons. The largest absolute Gasteiger partial charge is 0.489 e. The second-order valence-corrected chi connectivity index (χ2v) is 4.18. The van der Waals surface area contributed by atoms with Crippen molar-refractivity contribution in [3.63, 3.8) is 0 Å². The summed E-state index contributed by atoms with van der Waals surface area (Å²) >= 11 is 0. The van der Waals surface area contributed by atoms with E-state index in [-0.39, 0.29) is 0 Å². The molecule has 93 valence electrons. The molecule has 1 heterocycles. The van der Waals surface area contributed by atoms with Crippen molar-refractivity contribution in [1.82, 2.24) is 9.97 Å². The Morgan fingerprint density at radius 1 is 1.00 bits per heavy atom. The standard InChI is InChI=1S/C16H13N2O/c1-2-4-13(5-3-1)12-19-15-8-6-14(7-9-15)16-17-10-11-18-16/h1-10H,12H2,(H,17,18). The monoisotopic (exact) mass is 249 g/mol. The third-order valence-corrected chi connectivity index (χ3v) is 2.83. The molecule has 3 nitrogen and oxygen atoms in total. The summed E-state index contributed by atoms with van der Waals surface area (Å²) in [5.41, 5.74) is 2.18. The van der Waals surface area contributed by atoms with Crippen molar-refractivity contribution in [3.8, 4) is 17.1 Å². The molecular formula is C16H13N2O. The molecule has 0 aliphatic heterocycles. The van der Waals surface area contributed by atoms with E-state index >= 15 is 0 Å². The molecule has 0 bridgehead atoms. The second-order valence-electron chi connectivity index (χ2n) is 4.18. The van der Waals surface area contributed by atoms with Crippen LogP contribution in [0.4, 0.5) is 0 Å². The number of benzene rings is 2. The maximum absolute atomic E-state index is 5.73. The summed E-state index contributed by atoms with van der Waals surface area (Å²) in [6, 6.07) is 18.0. The Bertz CT molecular complexity index is 616. The zero-order valence-electron chi connectivity index (χ0n) is 10.3. The minimum absolute atomic E-state index is 0.578. The van der Waals surface area contributed by atoms with E-state index < -0.39 is 0 Å². The van der Waals surface area contributed by atoms with Gasteiger partial charge in [-0.05, 0) is 29.8 Å². The van der Waals surface area contributed by atoms with E-state index in [4.69, 9.17) is 4.74 Å². The normalized spacial score (nSPS) is 10.3. The fraction of sp³-hybridized carbons (Fsp3) is 0.0625. The lowest BCUT2D eigenvalue weighted by atomic mass is 10.2. The van der Waals surface area contributed by atoms with Gasteiger partial charge in [0.05, 0.1) is 0 Å². The fourth-order valence-corrected chi connectivity index (χ4v) is 1.83. The van der Waals surface area contributed by atoms with Crippen LogP contribution >= 0.6 is 0 Å². The second kappa shape index (κ2) is 5.40. The highest BCUT2D eigenvalue weighted by molar-refractivity contribution is 5.55. The van der Waals surface area contributed by atoms with Crippen LogP contribution in [0.15, 0.2) is 60.8 Å². The molecule has 1 aromatic heterocycles. The molecule has 0 amide bonds. The first-order chi connectivity index (χ1) is 9.42. The van der Waals surface area contributed by atoms with Crippen LogP contribution in [-0.2, 0) is 6.61 Å². The Kier molecular flexibility index (Phi) is 3.28. The number of hydrogen-bond donors (Lipinski definition) is 1. The lowest BCUT2D eigenvalue weighted by Crippen LogP contribution is -1.94. The summed E-state index contributed by atoms with van der Waals surface area (Å²) in [6.45, 7) is 0.578.